The van der Waals surface area contributed by atoms with Crippen molar-refractivity contribution >= 4 is 39.1 Å². The summed E-state index contributed by atoms with van der Waals surface area (Å²) >= 11 is 10.2. The third-order valence-electron chi connectivity index (χ3n) is 6.56. The Morgan fingerprint density at radius 3 is 2.26 bits per heavy atom. The maximum absolute atomic E-state index is 13.0. The smallest absolute Gasteiger partial charge is 0.180 e. The number of Topliss-reactive ketones (excluding diaryl/α,β-unsaturated/α-hetero) is 2. The normalized spacial score (nSPS) is 18.4. The average molecular weight is 544 g/mol. The Bertz CT molecular complexity index is 1200. The van der Waals surface area contributed by atoms with Gasteiger partial charge in [-0.05, 0) is 36.6 Å². The number of methoxy groups -OCH3 is 1. The fourth-order valence-electron chi connectivity index (χ4n) is 4.96. The number of halogens is 2. The van der Waals surface area contributed by atoms with E-state index in [0.29, 0.717) is 71.5 Å². The summed E-state index contributed by atoms with van der Waals surface area (Å²) in [4.78, 5) is 26.1. The Labute approximate surface area is 211 Å². The van der Waals surface area contributed by atoms with Crippen molar-refractivity contribution in [2.45, 2.75) is 51.0 Å². The second-order valence-electron chi connectivity index (χ2n) is 8.68. The van der Waals surface area contributed by atoms with Crippen molar-refractivity contribution < 1.29 is 23.8 Å². The summed E-state index contributed by atoms with van der Waals surface area (Å²) in [5, 5.41) is 0.365. The van der Waals surface area contributed by atoms with Gasteiger partial charge >= 0.3 is 0 Å². The van der Waals surface area contributed by atoms with Gasteiger partial charge < -0.3 is 14.2 Å². The molecule has 2 aliphatic carbocycles. The Hall–Kier alpha value is -2.57. The zero-order valence-corrected chi connectivity index (χ0v) is 21.1. The van der Waals surface area contributed by atoms with E-state index in [1.807, 2.05) is 30.3 Å². The molecule has 0 N–H and O–H groups in total. The molecule has 0 spiro atoms. The molecule has 1 heterocycles. The van der Waals surface area contributed by atoms with Crippen molar-refractivity contribution in [3.63, 3.8) is 0 Å². The van der Waals surface area contributed by atoms with Crippen molar-refractivity contribution in [3.8, 4) is 11.5 Å². The maximum atomic E-state index is 13.0. The minimum Gasteiger partial charge on any atom is -0.493 e. The van der Waals surface area contributed by atoms with Gasteiger partial charge in [0.15, 0.2) is 23.1 Å². The number of ether oxygens (including phenoxy) is 3. The van der Waals surface area contributed by atoms with Gasteiger partial charge in [-0.15, -0.1) is 0 Å². The van der Waals surface area contributed by atoms with Crippen LogP contribution in [0.4, 0.5) is 0 Å². The van der Waals surface area contributed by atoms with E-state index < -0.39 is 5.92 Å². The van der Waals surface area contributed by atoms with Crippen molar-refractivity contribution in [2.24, 2.45) is 0 Å². The van der Waals surface area contributed by atoms with E-state index in [9.17, 15) is 9.59 Å². The van der Waals surface area contributed by atoms with Crippen molar-refractivity contribution in [3.05, 3.63) is 79.7 Å². The molecule has 1 aliphatic heterocycles. The van der Waals surface area contributed by atoms with Gasteiger partial charge in [0.2, 0.25) is 0 Å². The summed E-state index contributed by atoms with van der Waals surface area (Å²) < 4.78 is 18.8. The molecule has 0 atom stereocenters. The molecule has 2 aromatic carbocycles. The fraction of sp³-hybridized carbons (Fsp3) is 0.333. The summed E-state index contributed by atoms with van der Waals surface area (Å²) in [6.07, 6.45) is 3.81. The predicted octanol–water partition coefficient (Wildman–Crippen LogP) is 6.82. The first-order valence-electron chi connectivity index (χ1n) is 11.4. The van der Waals surface area contributed by atoms with Gasteiger partial charge in [0.1, 0.15) is 18.1 Å². The van der Waals surface area contributed by atoms with Gasteiger partial charge in [-0.2, -0.15) is 0 Å². The second-order valence-corrected chi connectivity index (χ2v) is 9.94. The Morgan fingerprint density at radius 1 is 1.00 bits per heavy atom. The summed E-state index contributed by atoms with van der Waals surface area (Å²) in [5.74, 6) is 1.82. The third kappa shape index (κ3) is 4.18. The number of carbonyl (C=O) groups is 2. The van der Waals surface area contributed by atoms with Crippen LogP contribution in [0.25, 0.3) is 0 Å². The molecule has 5 nitrogen and oxygen atoms in total. The van der Waals surface area contributed by atoms with Crippen molar-refractivity contribution in [2.75, 3.05) is 7.11 Å². The zero-order valence-electron chi connectivity index (χ0n) is 18.8. The van der Waals surface area contributed by atoms with E-state index >= 15 is 0 Å². The van der Waals surface area contributed by atoms with Crippen molar-refractivity contribution in [1.82, 2.24) is 0 Å². The second kappa shape index (κ2) is 9.59. The van der Waals surface area contributed by atoms with E-state index in [-0.39, 0.29) is 11.6 Å². The highest BCUT2D eigenvalue weighted by molar-refractivity contribution is 9.10. The highest BCUT2D eigenvalue weighted by Gasteiger charge is 2.42. The van der Waals surface area contributed by atoms with Crippen LogP contribution in [0.3, 0.4) is 0 Å². The molecular formula is C27H24BrClO5. The lowest BCUT2D eigenvalue weighted by Gasteiger charge is -2.36. The summed E-state index contributed by atoms with van der Waals surface area (Å²) in [7, 11) is 1.55. The minimum absolute atomic E-state index is 0.0283. The molecule has 5 rings (SSSR count). The molecule has 3 aliphatic rings. The number of rotatable bonds is 5. The number of carbonyl (C=O) groups excluding carboxylic acids is 2. The topological polar surface area (TPSA) is 61.8 Å². The number of hydrogen-bond acceptors (Lipinski definition) is 5. The third-order valence-corrected chi connectivity index (χ3v) is 7.61. The number of allylic oxidation sites excluding steroid dienone is 4. The molecule has 0 radical (unpaired) electrons. The summed E-state index contributed by atoms with van der Waals surface area (Å²) in [5.41, 5.74) is 2.88. The first kappa shape index (κ1) is 23.2. The summed E-state index contributed by atoms with van der Waals surface area (Å²) in [6.45, 7) is 0.301. The average Bonchev–Trinajstić information content (AvgIpc) is 2.83. The van der Waals surface area contributed by atoms with Crippen LogP contribution < -0.4 is 9.47 Å². The van der Waals surface area contributed by atoms with Crippen LogP contribution >= 0.6 is 27.5 Å². The number of hydrogen-bond donors (Lipinski definition) is 0. The van der Waals surface area contributed by atoms with Gasteiger partial charge in [-0.3, -0.25) is 9.59 Å². The van der Waals surface area contributed by atoms with E-state index in [2.05, 4.69) is 15.9 Å². The Morgan fingerprint density at radius 2 is 1.65 bits per heavy atom. The molecule has 0 unspecified atom stereocenters. The standard InChI is InChI=1S/C27H24BrClO5/c1-32-23-13-16(12-18(29)27(23)33-14-15-6-2-3-7-17(15)28)24-25-19(30)8-4-10-21(25)34-22-11-5-9-20(31)26(22)24/h2-3,6-7,12-13,24H,4-5,8-11,14H2,1H3. The van der Waals surface area contributed by atoms with Gasteiger partial charge in [0.25, 0.3) is 0 Å². The molecule has 2 aromatic rings. The summed E-state index contributed by atoms with van der Waals surface area (Å²) in [6, 6.07) is 11.4. The molecule has 176 valence electrons. The number of benzene rings is 2. The minimum atomic E-state index is -0.497. The highest BCUT2D eigenvalue weighted by atomic mass is 79.9. The first-order valence-corrected chi connectivity index (χ1v) is 12.6. The lowest BCUT2D eigenvalue weighted by molar-refractivity contribution is -0.117. The van der Waals surface area contributed by atoms with Crippen LogP contribution in [0.2, 0.25) is 5.02 Å². The monoisotopic (exact) mass is 542 g/mol. The van der Waals surface area contributed by atoms with E-state index in [1.54, 1.807) is 13.2 Å². The van der Waals surface area contributed by atoms with Crippen LogP contribution in [0.5, 0.6) is 11.5 Å². The predicted molar refractivity (Wildman–Crippen MR) is 132 cm³/mol. The van der Waals surface area contributed by atoms with Crippen LogP contribution in [0, 0.1) is 0 Å². The van der Waals surface area contributed by atoms with Gasteiger partial charge in [-0.25, -0.2) is 0 Å². The van der Waals surface area contributed by atoms with Gasteiger partial charge in [0.05, 0.1) is 12.1 Å². The zero-order chi connectivity index (χ0) is 23.8. The van der Waals surface area contributed by atoms with Gasteiger partial charge in [-0.1, -0.05) is 45.7 Å². The van der Waals surface area contributed by atoms with E-state index in [1.165, 1.54) is 0 Å². The van der Waals surface area contributed by atoms with E-state index in [0.717, 1.165) is 28.4 Å². The molecule has 0 bridgehead atoms. The molecule has 7 heteroatoms. The lowest BCUT2D eigenvalue weighted by Crippen LogP contribution is -2.30. The number of ketones is 2. The molecule has 0 saturated carbocycles. The quantitative estimate of drug-likeness (QED) is 0.414. The van der Waals surface area contributed by atoms with Crippen LogP contribution in [0.15, 0.2) is 63.5 Å². The molecule has 0 amide bonds. The van der Waals surface area contributed by atoms with Crippen molar-refractivity contribution in [1.29, 1.82) is 0 Å². The maximum Gasteiger partial charge on any atom is 0.180 e. The molecule has 0 fully saturated rings. The largest absolute Gasteiger partial charge is 0.493 e. The lowest BCUT2D eigenvalue weighted by atomic mass is 9.73. The molecule has 0 aromatic heterocycles. The highest BCUT2D eigenvalue weighted by Crippen LogP contribution is 2.50. The fourth-order valence-corrected chi connectivity index (χ4v) is 5.64. The molecule has 0 saturated heterocycles. The van der Waals surface area contributed by atoms with Crippen LogP contribution in [-0.4, -0.2) is 18.7 Å². The Kier molecular flexibility index (Phi) is 6.54. The Balaban J connectivity index is 1.57. The first-order chi connectivity index (χ1) is 16.5. The van der Waals surface area contributed by atoms with E-state index in [4.69, 9.17) is 25.8 Å². The molecule has 34 heavy (non-hydrogen) atoms. The molecular weight excluding hydrogens is 520 g/mol. The van der Waals surface area contributed by atoms with Gasteiger partial charge in [0, 0.05) is 52.8 Å². The van der Waals surface area contributed by atoms with Crippen LogP contribution in [-0.2, 0) is 20.9 Å². The SMILES string of the molecule is COc1cc(C2C3=C(CCCC3=O)OC3=C2C(=O)CCC3)cc(Cl)c1OCc1ccccc1Br. The van der Waals surface area contributed by atoms with Crippen LogP contribution in [0.1, 0.15) is 55.6 Å².